The fourth-order valence-electron chi connectivity index (χ4n) is 3.02. The van der Waals surface area contributed by atoms with Crippen LogP contribution in [0.5, 0.6) is 0 Å². The molecule has 0 radical (unpaired) electrons. The molecule has 4 heteroatoms. The maximum absolute atomic E-state index is 12.5. The third-order valence-corrected chi connectivity index (χ3v) is 4.39. The SMILES string of the molecule is CCC1CCCCN1C(=O)C1(C(=O)O)CCC1. The van der Waals surface area contributed by atoms with Gasteiger partial charge in [0.25, 0.3) is 0 Å². The Morgan fingerprint density at radius 1 is 1.29 bits per heavy atom. The lowest BCUT2D eigenvalue weighted by Gasteiger charge is -2.44. The van der Waals surface area contributed by atoms with Gasteiger partial charge < -0.3 is 10.0 Å². The van der Waals surface area contributed by atoms with Gasteiger partial charge in [0.1, 0.15) is 5.41 Å². The van der Waals surface area contributed by atoms with Gasteiger partial charge in [-0.05, 0) is 38.5 Å². The predicted molar refractivity (Wildman–Crippen MR) is 63.6 cm³/mol. The van der Waals surface area contributed by atoms with Gasteiger partial charge in [0, 0.05) is 12.6 Å². The van der Waals surface area contributed by atoms with Gasteiger partial charge in [-0.2, -0.15) is 0 Å². The highest BCUT2D eigenvalue weighted by Gasteiger charge is 2.53. The Morgan fingerprint density at radius 2 is 2.00 bits per heavy atom. The summed E-state index contributed by atoms with van der Waals surface area (Å²) < 4.78 is 0. The van der Waals surface area contributed by atoms with E-state index in [4.69, 9.17) is 0 Å². The Bertz CT molecular complexity index is 323. The molecular formula is C13H21NO3. The zero-order chi connectivity index (χ0) is 12.5. The highest BCUT2D eigenvalue weighted by molar-refractivity contribution is 6.03. The minimum Gasteiger partial charge on any atom is -0.480 e. The molecule has 1 unspecified atom stereocenters. The summed E-state index contributed by atoms with van der Waals surface area (Å²) in [5, 5.41) is 9.30. The molecule has 2 rings (SSSR count). The number of aliphatic carboxylic acids is 1. The quantitative estimate of drug-likeness (QED) is 0.767. The van der Waals surface area contributed by atoms with Crippen molar-refractivity contribution in [2.75, 3.05) is 6.54 Å². The molecule has 1 heterocycles. The first-order valence-electron chi connectivity index (χ1n) is 6.66. The summed E-state index contributed by atoms with van der Waals surface area (Å²) in [5.41, 5.74) is -1.08. The van der Waals surface area contributed by atoms with Crippen molar-refractivity contribution < 1.29 is 14.7 Å². The average molecular weight is 239 g/mol. The lowest BCUT2D eigenvalue weighted by atomic mass is 9.67. The van der Waals surface area contributed by atoms with Gasteiger partial charge in [0.2, 0.25) is 5.91 Å². The summed E-state index contributed by atoms with van der Waals surface area (Å²) in [6, 6.07) is 0.257. The number of likely N-dealkylation sites (tertiary alicyclic amines) is 1. The van der Waals surface area contributed by atoms with Crippen LogP contribution in [0.3, 0.4) is 0 Å². The van der Waals surface area contributed by atoms with Crippen molar-refractivity contribution in [2.45, 2.75) is 57.9 Å². The zero-order valence-corrected chi connectivity index (χ0v) is 10.4. The number of hydrogen-bond acceptors (Lipinski definition) is 2. The second kappa shape index (κ2) is 4.67. The molecule has 2 fully saturated rings. The minimum atomic E-state index is -1.08. The molecular weight excluding hydrogens is 218 g/mol. The van der Waals surface area contributed by atoms with Crippen LogP contribution in [0.2, 0.25) is 0 Å². The van der Waals surface area contributed by atoms with Crippen molar-refractivity contribution in [1.82, 2.24) is 4.90 Å². The molecule has 1 atom stereocenters. The summed E-state index contributed by atoms with van der Waals surface area (Å²) in [6.07, 6.45) is 6.03. The van der Waals surface area contributed by atoms with Crippen LogP contribution in [0.1, 0.15) is 51.9 Å². The topological polar surface area (TPSA) is 57.6 Å². The smallest absolute Gasteiger partial charge is 0.319 e. The van der Waals surface area contributed by atoms with Crippen molar-refractivity contribution in [2.24, 2.45) is 5.41 Å². The van der Waals surface area contributed by atoms with Crippen LogP contribution in [0.15, 0.2) is 0 Å². The fraction of sp³-hybridized carbons (Fsp3) is 0.846. The van der Waals surface area contributed by atoms with E-state index in [1.165, 1.54) is 0 Å². The van der Waals surface area contributed by atoms with Crippen molar-refractivity contribution in [3.05, 3.63) is 0 Å². The molecule has 1 aliphatic heterocycles. The van der Waals surface area contributed by atoms with Gasteiger partial charge in [-0.15, -0.1) is 0 Å². The van der Waals surface area contributed by atoms with Gasteiger partial charge in [0.05, 0.1) is 0 Å². The second-order valence-corrected chi connectivity index (χ2v) is 5.30. The second-order valence-electron chi connectivity index (χ2n) is 5.30. The van der Waals surface area contributed by atoms with Gasteiger partial charge in [-0.3, -0.25) is 9.59 Å². The first-order chi connectivity index (χ1) is 8.12. The molecule has 1 saturated heterocycles. The summed E-state index contributed by atoms with van der Waals surface area (Å²) in [6.45, 7) is 2.82. The third-order valence-electron chi connectivity index (χ3n) is 4.39. The fourth-order valence-corrected chi connectivity index (χ4v) is 3.02. The van der Waals surface area contributed by atoms with Gasteiger partial charge >= 0.3 is 5.97 Å². The number of piperidine rings is 1. The number of carboxylic acids is 1. The Hall–Kier alpha value is -1.06. The molecule has 0 bridgehead atoms. The normalized spacial score (nSPS) is 27.4. The van der Waals surface area contributed by atoms with E-state index in [0.717, 1.165) is 38.6 Å². The van der Waals surface area contributed by atoms with Crippen molar-refractivity contribution >= 4 is 11.9 Å². The van der Waals surface area contributed by atoms with Crippen LogP contribution in [0.4, 0.5) is 0 Å². The lowest BCUT2D eigenvalue weighted by Crippen LogP contribution is -2.56. The number of hydrogen-bond donors (Lipinski definition) is 1. The van der Waals surface area contributed by atoms with E-state index < -0.39 is 11.4 Å². The van der Waals surface area contributed by atoms with Gasteiger partial charge in [-0.25, -0.2) is 0 Å². The summed E-state index contributed by atoms with van der Waals surface area (Å²) >= 11 is 0. The van der Waals surface area contributed by atoms with Crippen LogP contribution in [-0.2, 0) is 9.59 Å². The molecule has 0 aromatic carbocycles. The van der Waals surface area contributed by atoms with E-state index >= 15 is 0 Å². The molecule has 1 saturated carbocycles. The molecule has 17 heavy (non-hydrogen) atoms. The van der Waals surface area contributed by atoms with E-state index in [1.807, 2.05) is 4.90 Å². The minimum absolute atomic E-state index is 0.122. The lowest BCUT2D eigenvalue weighted by molar-refractivity contribution is -0.169. The number of carboxylic acid groups (broad SMARTS) is 1. The number of carbonyl (C=O) groups excluding carboxylic acids is 1. The van der Waals surface area contributed by atoms with Crippen molar-refractivity contribution in [1.29, 1.82) is 0 Å². The first kappa shape index (κ1) is 12.4. The molecule has 0 aromatic heterocycles. The maximum atomic E-state index is 12.5. The third kappa shape index (κ3) is 1.94. The summed E-state index contributed by atoms with van der Waals surface area (Å²) in [5.74, 6) is -1.04. The van der Waals surface area contributed by atoms with Crippen LogP contribution in [0, 0.1) is 5.41 Å². The van der Waals surface area contributed by atoms with E-state index in [1.54, 1.807) is 0 Å². The Balaban J connectivity index is 2.15. The summed E-state index contributed by atoms with van der Waals surface area (Å²) in [4.78, 5) is 25.6. The highest BCUT2D eigenvalue weighted by Crippen LogP contribution is 2.44. The summed E-state index contributed by atoms with van der Waals surface area (Å²) in [7, 11) is 0. The molecule has 0 spiro atoms. The number of carbonyl (C=O) groups is 2. The van der Waals surface area contributed by atoms with E-state index in [9.17, 15) is 14.7 Å². The average Bonchev–Trinajstić information content (AvgIpc) is 2.26. The highest BCUT2D eigenvalue weighted by atomic mass is 16.4. The Morgan fingerprint density at radius 3 is 2.47 bits per heavy atom. The van der Waals surface area contributed by atoms with Crippen molar-refractivity contribution in [3.63, 3.8) is 0 Å². The number of rotatable bonds is 3. The first-order valence-corrected chi connectivity index (χ1v) is 6.66. The van der Waals surface area contributed by atoms with Crippen LogP contribution < -0.4 is 0 Å². The van der Waals surface area contributed by atoms with Crippen LogP contribution in [0.25, 0.3) is 0 Å². The monoisotopic (exact) mass is 239 g/mol. The molecule has 1 aliphatic carbocycles. The Kier molecular flexibility index (Phi) is 3.40. The molecule has 2 aliphatic rings. The van der Waals surface area contributed by atoms with Crippen molar-refractivity contribution in [3.8, 4) is 0 Å². The standard InChI is InChI=1S/C13H21NO3/c1-2-10-6-3-4-9-14(10)11(15)13(12(16)17)7-5-8-13/h10H,2-9H2,1H3,(H,16,17). The predicted octanol–water partition coefficient (Wildman–Crippen LogP) is 2.03. The van der Waals surface area contributed by atoms with E-state index in [-0.39, 0.29) is 11.9 Å². The largest absolute Gasteiger partial charge is 0.480 e. The molecule has 1 amide bonds. The van der Waals surface area contributed by atoms with Crippen LogP contribution in [-0.4, -0.2) is 34.5 Å². The van der Waals surface area contributed by atoms with E-state index in [0.29, 0.717) is 12.8 Å². The van der Waals surface area contributed by atoms with Gasteiger partial charge in [0.15, 0.2) is 0 Å². The number of nitrogens with zero attached hydrogens (tertiary/aromatic N) is 1. The molecule has 0 aromatic rings. The van der Waals surface area contributed by atoms with Gasteiger partial charge in [-0.1, -0.05) is 13.3 Å². The maximum Gasteiger partial charge on any atom is 0.319 e. The zero-order valence-electron chi connectivity index (χ0n) is 10.4. The Labute approximate surface area is 102 Å². The van der Waals surface area contributed by atoms with Crippen LogP contribution >= 0.6 is 0 Å². The molecule has 4 nitrogen and oxygen atoms in total. The van der Waals surface area contributed by atoms with E-state index in [2.05, 4.69) is 6.92 Å². The molecule has 1 N–H and O–H groups in total. The number of amides is 1. The molecule has 96 valence electrons.